The summed E-state index contributed by atoms with van der Waals surface area (Å²) in [5, 5.41) is 4.86. The van der Waals surface area contributed by atoms with Gasteiger partial charge in [-0.25, -0.2) is 15.0 Å². The normalized spacial score (nSPS) is 11.7. The van der Waals surface area contributed by atoms with E-state index >= 15 is 0 Å². The van der Waals surface area contributed by atoms with Gasteiger partial charge in [0.2, 0.25) is 0 Å². The van der Waals surface area contributed by atoms with E-state index in [0.29, 0.717) is 22.5 Å². The second-order valence-corrected chi connectivity index (χ2v) is 11.4. The van der Waals surface area contributed by atoms with Crippen molar-refractivity contribution in [1.82, 2.24) is 15.0 Å². The molecule has 0 unspecified atom stereocenters. The first-order valence-corrected chi connectivity index (χ1v) is 15.0. The van der Waals surface area contributed by atoms with Crippen LogP contribution in [0.2, 0.25) is 5.02 Å². The van der Waals surface area contributed by atoms with Crippen LogP contribution >= 0.6 is 11.6 Å². The van der Waals surface area contributed by atoms with E-state index in [4.69, 9.17) is 35.4 Å². The summed E-state index contributed by atoms with van der Waals surface area (Å²) >= 11 is 6.11. The third-order valence-electron chi connectivity index (χ3n) is 8.23. The largest absolute Gasteiger partial charge is 0.456 e. The number of hydrogen-bond donors (Lipinski definition) is 0. The Hall–Kier alpha value is -5.78. The molecular formula is C39H22ClN3O2. The molecule has 0 atom stereocenters. The fourth-order valence-corrected chi connectivity index (χ4v) is 6.07. The molecule has 0 N–H and O–H groups in total. The molecule has 6 aromatic carbocycles. The van der Waals surface area contributed by atoms with E-state index in [1.807, 2.05) is 97.1 Å². The number of hydrogen-bond acceptors (Lipinski definition) is 5. The fraction of sp³-hybridized carbons (Fsp3) is 0. The molecule has 212 valence electrons. The van der Waals surface area contributed by atoms with Gasteiger partial charge < -0.3 is 8.83 Å². The number of rotatable bonds is 4. The maximum atomic E-state index is 6.11. The Labute approximate surface area is 262 Å². The maximum Gasteiger partial charge on any atom is 0.164 e. The second kappa shape index (κ2) is 10.2. The van der Waals surface area contributed by atoms with E-state index in [0.717, 1.165) is 71.7 Å². The number of benzene rings is 6. The molecule has 0 aliphatic heterocycles. The van der Waals surface area contributed by atoms with E-state index < -0.39 is 0 Å². The number of fused-ring (bicyclic) bond motifs is 6. The molecule has 0 bridgehead atoms. The SMILES string of the molecule is Clc1ccc(-c2ccc(-c3nc(-c4ccc5oc6ccccc6c5c4)nc(-c4ccc5oc6ccccc6c5c4)n3)cc2)cc1. The highest BCUT2D eigenvalue weighted by Crippen LogP contribution is 2.35. The van der Waals surface area contributed by atoms with Gasteiger partial charge in [-0.15, -0.1) is 0 Å². The Morgan fingerprint density at radius 3 is 1.24 bits per heavy atom. The van der Waals surface area contributed by atoms with Gasteiger partial charge in [-0.2, -0.15) is 0 Å². The van der Waals surface area contributed by atoms with Crippen molar-refractivity contribution >= 4 is 55.5 Å². The van der Waals surface area contributed by atoms with E-state index in [-0.39, 0.29) is 0 Å². The molecule has 0 radical (unpaired) electrons. The second-order valence-electron chi connectivity index (χ2n) is 11.0. The molecule has 0 amide bonds. The first-order chi connectivity index (χ1) is 22.2. The highest BCUT2D eigenvalue weighted by molar-refractivity contribution is 6.30. The minimum Gasteiger partial charge on any atom is -0.456 e. The van der Waals surface area contributed by atoms with Crippen molar-refractivity contribution in [2.24, 2.45) is 0 Å². The van der Waals surface area contributed by atoms with Crippen molar-refractivity contribution in [1.29, 1.82) is 0 Å². The van der Waals surface area contributed by atoms with Gasteiger partial charge in [0.1, 0.15) is 22.3 Å². The lowest BCUT2D eigenvalue weighted by Crippen LogP contribution is -2.00. The lowest BCUT2D eigenvalue weighted by atomic mass is 10.0. The van der Waals surface area contributed by atoms with Crippen LogP contribution in [-0.4, -0.2) is 15.0 Å². The van der Waals surface area contributed by atoms with Crippen molar-refractivity contribution in [3.8, 4) is 45.3 Å². The molecule has 5 nitrogen and oxygen atoms in total. The quantitative estimate of drug-likeness (QED) is 0.201. The zero-order valence-electron chi connectivity index (χ0n) is 23.7. The van der Waals surface area contributed by atoms with Gasteiger partial charge in [-0.05, 0) is 71.8 Å². The summed E-state index contributed by atoms with van der Waals surface area (Å²) in [6, 6.07) is 44.4. The first-order valence-electron chi connectivity index (χ1n) is 14.6. The van der Waals surface area contributed by atoms with Gasteiger partial charge >= 0.3 is 0 Å². The minimum absolute atomic E-state index is 0.584. The smallest absolute Gasteiger partial charge is 0.164 e. The number of para-hydroxylation sites is 2. The van der Waals surface area contributed by atoms with Crippen LogP contribution in [0.5, 0.6) is 0 Å². The van der Waals surface area contributed by atoms with Crippen molar-refractivity contribution in [2.75, 3.05) is 0 Å². The van der Waals surface area contributed by atoms with Gasteiger partial charge in [0.05, 0.1) is 0 Å². The lowest BCUT2D eigenvalue weighted by Gasteiger charge is -2.09. The molecule has 0 aliphatic carbocycles. The van der Waals surface area contributed by atoms with Gasteiger partial charge in [0.15, 0.2) is 17.5 Å². The van der Waals surface area contributed by atoms with Crippen LogP contribution in [0.25, 0.3) is 89.2 Å². The van der Waals surface area contributed by atoms with Crippen LogP contribution in [0.15, 0.2) is 142 Å². The summed E-state index contributed by atoms with van der Waals surface area (Å²) in [6.07, 6.45) is 0. The van der Waals surface area contributed by atoms with Gasteiger partial charge in [-0.3, -0.25) is 0 Å². The minimum atomic E-state index is 0.584. The molecule has 9 aromatic rings. The zero-order valence-corrected chi connectivity index (χ0v) is 24.5. The summed E-state index contributed by atoms with van der Waals surface area (Å²) in [4.78, 5) is 15.0. The van der Waals surface area contributed by atoms with Crippen LogP contribution in [-0.2, 0) is 0 Å². The average molecular weight is 600 g/mol. The highest BCUT2D eigenvalue weighted by Gasteiger charge is 2.16. The summed E-state index contributed by atoms with van der Waals surface area (Å²) < 4.78 is 12.2. The van der Waals surface area contributed by atoms with Crippen LogP contribution in [0.4, 0.5) is 0 Å². The molecule has 45 heavy (non-hydrogen) atoms. The molecule has 0 fully saturated rings. The van der Waals surface area contributed by atoms with Crippen molar-refractivity contribution in [3.63, 3.8) is 0 Å². The topological polar surface area (TPSA) is 65.0 Å². The number of nitrogens with zero attached hydrogens (tertiary/aromatic N) is 3. The number of halogens is 1. The Morgan fingerprint density at radius 2 is 0.733 bits per heavy atom. The molecule has 0 saturated carbocycles. The Balaban J connectivity index is 1.21. The average Bonchev–Trinajstić information content (AvgIpc) is 3.66. The highest BCUT2D eigenvalue weighted by atomic mass is 35.5. The van der Waals surface area contributed by atoms with Crippen LogP contribution in [0.3, 0.4) is 0 Å². The van der Waals surface area contributed by atoms with Crippen molar-refractivity contribution < 1.29 is 8.83 Å². The van der Waals surface area contributed by atoms with Crippen molar-refractivity contribution in [3.05, 3.63) is 138 Å². The van der Waals surface area contributed by atoms with Gasteiger partial charge in [-0.1, -0.05) is 84.4 Å². The molecular weight excluding hydrogens is 578 g/mol. The van der Waals surface area contributed by atoms with Gasteiger partial charge in [0.25, 0.3) is 0 Å². The standard InChI is InChI=1S/C39H22ClN3O2/c40-28-17-13-24(14-18-28)23-9-11-25(12-10-23)37-41-38(26-15-19-35-31(21-26)29-5-1-3-7-33(29)44-35)43-39(42-37)27-16-20-36-32(22-27)30-6-2-4-8-34(30)45-36/h1-22H. The molecule has 0 aliphatic rings. The zero-order chi connectivity index (χ0) is 29.9. The monoisotopic (exact) mass is 599 g/mol. The number of furan rings is 2. The molecule has 3 heterocycles. The van der Waals surface area contributed by atoms with E-state index in [1.165, 1.54) is 0 Å². The summed E-state index contributed by atoms with van der Waals surface area (Å²) in [5.41, 5.74) is 8.17. The molecule has 3 aromatic heterocycles. The van der Waals surface area contributed by atoms with E-state index in [9.17, 15) is 0 Å². The van der Waals surface area contributed by atoms with E-state index in [1.54, 1.807) is 0 Å². The molecule has 6 heteroatoms. The van der Waals surface area contributed by atoms with Crippen molar-refractivity contribution in [2.45, 2.75) is 0 Å². The predicted molar refractivity (Wildman–Crippen MR) is 181 cm³/mol. The number of aromatic nitrogens is 3. The molecule has 9 rings (SSSR count). The Morgan fingerprint density at radius 1 is 0.356 bits per heavy atom. The van der Waals surface area contributed by atoms with Crippen LogP contribution < -0.4 is 0 Å². The molecule has 0 spiro atoms. The Kier molecular flexibility index (Phi) is 5.80. The summed E-state index contributed by atoms with van der Waals surface area (Å²) in [5.74, 6) is 1.76. The predicted octanol–water partition coefficient (Wildman–Crippen LogP) is 11.0. The fourth-order valence-electron chi connectivity index (χ4n) is 5.95. The summed E-state index contributed by atoms with van der Waals surface area (Å²) in [6.45, 7) is 0. The third kappa shape index (κ3) is 4.44. The Bertz CT molecular complexity index is 2420. The maximum absolute atomic E-state index is 6.11. The van der Waals surface area contributed by atoms with Crippen LogP contribution in [0, 0.1) is 0 Å². The first kappa shape index (κ1) is 25.7. The van der Waals surface area contributed by atoms with Crippen LogP contribution in [0.1, 0.15) is 0 Å². The lowest BCUT2D eigenvalue weighted by molar-refractivity contribution is 0.668. The third-order valence-corrected chi connectivity index (χ3v) is 8.48. The summed E-state index contributed by atoms with van der Waals surface area (Å²) in [7, 11) is 0. The van der Waals surface area contributed by atoms with E-state index in [2.05, 4.69) is 36.4 Å². The van der Waals surface area contributed by atoms with Gasteiger partial charge in [0, 0.05) is 43.3 Å². The molecule has 0 saturated heterocycles.